The molecule has 2 heterocycles. The van der Waals surface area contributed by atoms with E-state index in [9.17, 15) is 18.0 Å². The molecule has 4 N–H and O–H groups in total. The third-order valence-corrected chi connectivity index (χ3v) is 4.22. The molecule has 0 saturated heterocycles. The summed E-state index contributed by atoms with van der Waals surface area (Å²) in [6.45, 7) is -0.187. The van der Waals surface area contributed by atoms with Crippen LogP contribution in [0.1, 0.15) is 21.6 Å². The summed E-state index contributed by atoms with van der Waals surface area (Å²) in [4.78, 5) is 20.0. The van der Waals surface area contributed by atoms with Crippen molar-refractivity contribution in [1.82, 2.24) is 10.3 Å². The van der Waals surface area contributed by atoms with E-state index in [-0.39, 0.29) is 41.4 Å². The van der Waals surface area contributed by atoms with Crippen molar-refractivity contribution in [3.05, 3.63) is 59.2 Å². The van der Waals surface area contributed by atoms with Gasteiger partial charge in [0.25, 0.3) is 12.3 Å². The van der Waals surface area contributed by atoms with E-state index in [2.05, 4.69) is 20.6 Å². The number of pyridine rings is 1. The average Bonchev–Trinajstić information content (AvgIpc) is 2.69. The number of carbonyl (C=O) groups is 1. The van der Waals surface area contributed by atoms with E-state index in [4.69, 9.17) is 11.0 Å². The van der Waals surface area contributed by atoms with Crippen LogP contribution >= 0.6 is 0 Å². The van der Waals surface area contributed by atoms with E-state index in [1.165, 1.54) is 24.4 Å². The molecule has 1 amide bonds. The Labute approximate surface area is 158 Å². The Kier molecular flexibility index (Phi) is 5.28. The zero-order valence-corrected chi connectivity index (χ0v) is 14.4. The second kappa shape index (κ2) is 7.66. The lowest BCUT2D eigenvalue weighted by atomic mass is 9.88. The Morgan fingerprint density at radius 2 is 2.14 bits per heavy atom. The lowest BCUT2D eigenvalue weighted by Crippen LogP contribution is -2.51. The zero-order valence-electron chi connectivity index (χ0n) is 14.4. The largest absolute Gasteiger partial charge is 0.386 e. The molecule has 0 radical (unpaired) electrons. The van der Waals surface area contributed by atoms with E-state index >= 15 is 0 Å². The summed E-state index contributed by atoms with van der Waals surface area (Å²) in [5.74, 6) is -1.60. The van der Waals surface area contributed by atoms with Gasteiger partial charge in [0.1, 0.15) is 23.4 Å². The summed E-state index contributed by atoms with van der Waals surface area (Å²) in [6, 6.07) is 7.95. The molecule has 1 atom stereocenters. The lowest BCUT2D eigenvalue weighted by molar-refractivity contribution is 0.0491. The van der Waals surface area contributed by atoms with Crippen LogP contribution in [0.2, 0.25) is 0 Å². The molecule has 0 bridgehead atoms. The maximum atomic E-state index is 14.4. The van der Waals surface area contributed by atoms with Crippen molar-refractivity contribution in [3.63, 3.8) is 0 Å². The molecule has 1 aromatic heterocycles. The molecule has 3 rings (SSSR count). The summed E-state index contributed by atoms with van der Waals surface area (Å²) in [5, 5.41) is 13.9. The first-order chi connectivity index (χ1) is 13.4. The van der Waals surface area contributed by atoms with E-state index in [0.717, 1.165) is 12.1 Å². The molecule has 1 unspecified atom stereocenters. The number of nitriles is 1. The maximum absolute atomic E-state index is 14.4. The molecule has 2 aromatic rings. The predicted octanol–water partition coefficient (Wildman–Crippen LogP) is 1.77. The van der Waals surface area contributed by atoms with Crippen molar-refractivity contribution >= 4 is 17.4 Å². The fraction of sp³-hybridized carbons (Fsp3) is 0.222. The van der Waals surface area contributed by atoms with Gasteiger partial charge in [0.15, 0.2) is 5.54 Å². The number of hydrogen-bond acceptors (Lipinski definition) is 6. The van der Waals surface area contributed by atoms with Crippen LogP contribution in [-0.2, 0) is 5.54 Å². The highest BCUT2D eigenvalue weighted by molar-refractivity contribution is 6.02. The molecule has 0 spiro atoms. The summed E-state index contributed by atoms with van der Waals surface area (Å²) < 4.78 is 42.1. The Bertz CT molecular complexity index is 970. The highest BCUT2D eigenvalue weighted by Crippen LogP contribution is 2.36. The minimum absolute atomic E-state index is 0.00930. The summed E-state index contributed by atoms with van der Waals surface area (Å²) >= 11 is 0. The first-order valence-electron chi connectivity index (χ1n) is 8.16. The number of nitrogens with zero attached hydrogens (tertiary/aromatic N) is 3. The van der Waals surface area contributed by atoms with Gasteiger partial charge in [-0.2, -0.15) is 5.26 Å². The highest BCUT2D eigenvalue weighted by atomic mass is 19.3. The smallest absolute Gasteiger partial charge is 0.274 e. The molecule has 7 nitrogen and oxygen atoms in total. The topological polar surface area (TPSA) is 116 Å². The number of nitrogens with one attached hydrogen (secondary N) is 2. The van der Waals surface area contributed by atoms with Gasteiger partial charge in [-0.25, -0.2) is 18.2 Å². The Hall–Kier alpha value is -3.45. The van der Waals surface area contributed by atoms with Gasteiger partial charge < -0.3 is 16.4 Å². The minimum atomic E-state index is -3.03. The van der Waals surface area contributed by atoms with Gasteiger partial charge in [-0.1, -0.05) is 0 Å². The molecule has 1 aliphatic heterocycles. The van der Waals surface area contributed by atoms with E-state index in [0.29, 0.717) is 0 Å². The maximum Gasteiger partial charge on any atom is 0.274 e. The van der Waals surface area contributed by atoms with Gasteiger partial charge >= 0.3 is 0 Å². The van der Waals surface area contributed by atoms with E-state index in [1.807, 2.05) is 6.07 Å². The van der Waals surface area contributed by atoms with Crippen LogP contribution in [0.5, 0.6) is 0 Å². The SMILES string of the molecule is N#Cc1ccc(C(=O)Nc2ccc(F)c(C3(C(F)F)CNCC(N)=N3)c2)nc1. The molecule has 0 saturated carbocycles. The van der Waals surface area contributed by atoms with Crippen molar-refractivity contribution in [1.29, 1.82) is 5.26 Å². The number of benzene rings is 1. The molecule has 144 valence electrons. The number of rotatable bonds is 4. The third-order valence-electron chi connectivity index (χ3n) is 4.22. The number of anilines is 1. The fourth-order valence-electron chi connectivity index (χ4n) is 2.84. The molecule has 28 heavy (non-hydrogen) atoms. The first-order valence-corrected chi connectivity index (χ1v) is 8.16. The van der Waals surface area contributed by atoms with Gasteiger partial charge in [-0.15, -0.1) is 0 Å². The number of amides is 1. The number of hydrogen-bond donors (Lipinski definition) is 3. The number of aliphatic imine (C=N–C) groups is 1. The quantitative estimate of drug-likeness (QED) is 0.738. The van der Waals surface area contributed by atoms with Crippen LogP contribution in [-0.4, -0.2) is 36.2 Å². The van der Waals surface area contributed by atoms with Crippen molar-refractivity contribution in [3.8, 4) is 6.07 Å². The van der Waals surface area contributed by atoms with Crippen molar-refractivity contribution in [2.45, 2.75) is 12.0 Å². The number of aromatic nitrogens is 1. The summed E-state index contributed by atoms with van der Waals surface area (Å²) in [6.07, 6.45) is -1.80. The van der Waals surface area contributed by atoms with Crippen molar-refractivity contribution in [2.75, 3.05) is 18.4 Å². The van der Waals surface area contributed by atoms with Gasteiger partial charge in [0, 0.05) is 24.0 Å². The zero-order chi connectivity index (χ0) is 20.3. The van der Waals surface area contributed by atoms with E-state index < -0.39 is 23.7 Å². The number of alkyl halides is 2. The van der Waals surface area contributed by atoms with Crippen LogP contribution < -0.4 is 16.4 Å². The lowest BCUT2D eigenvalue weighted by Gasteiger charge is -2.34. The predicted molar refractivity (Wildman–Crippen MR) is 95.5 cm³/mol. The number of carbonyl (C=O) groups excluding carboxylic acids is 1. The highest BCUT2D eigenvalue weighted by Gasteiger charge is 2.45. The van der Waals surface area contributed by atoms with Crippen molar-refractivity contribution in [2.24, 2.45) is 10.7 Å². The van der Waals surface area contributed by atoms with Crippen LogP contribution in [0.25, 0.3) is 0 Å². The first kappa shape index (κ1) is 19.3. The summed E-state index contributed by atoms with van der Waals surface area (Å²) in [5.41, 5.74) is 3.38. The average molecular weight is 388 g/mol. The molecule has 1 aliphatic rings. The number of nitrogens with two attached hydrogens (primary N) is 1. The summed E-state index contributed by atoms with van der Waals surface area (Å²) in [7, 11) is 0. The van der Waals surface area contributed by atoms with Crippen LogP contribution in [0.4, 0.5) is 18.9 Å². The van der Waals surface area contributed by atoms with Gasteiger partial charge in [-0.05, 0) is 30.3 Å². The number of amidine groups is 1. The molecule has 10 heteroatoms. The standard InChI is InChI=1S/C18H15F3N6O/c19-13-3-2-11(26-16(28)14-4-1-10(6-22)7-25-14)5-12(13)18(17(20)21)9-24-8-15(23)27-18/h1-5,7,17,24H,8-9H2,(H2,23,27)(H,26,28). The van der Waals surface area contributed by atoms with Crippen molar-refractivity contribution < 1.29 is 18.0 Å². The Morgan fingerprint density at radius 1 is 1.36 bits per heavy atom. The third kappa shape index (κ3) is 3.65. The van der Waals surface area contributed by atoms with E-state index in [1.54, 1.807) is 0 Å². The Balaban J connectivity index is 1.93. The van der Waals surface area contributed by atoms with Crippen LogP contribution in [0.15, 0.2) is 41.5 Å². The Morgan fingerprint density at radius 3 is 2.75 bits per heavy atom. The second-order valence-electron chi connectivity index (χ2n) is 6.12. The molecular formula is C18H15F3N6O. The fourth-order valence-corrected chi connectivity index (χ4v) is 2.84. The monoisotopic (exact) mass is 388 g/mol. The molecule has 0 aliphatic carbocycles. The number of halogens is 3. The van der Waals surface area contributed by atoms with Gasteiger partial charge in [-0.3, -0.25) is 9.79 Å². The minimum Gasteiger partial charge on any atom is -0.386 e. The molecule has 0 fully saturated rings. The normalized spacial score (nSPS) is 19.0. The van der Waals surface area contributed by atoms with Crippen LogP contribution in [0.3, 0.4) is 0 Å². The molecule has 1 aromatic carbocycles. The van der Waals surface area contributed by atoms with Gasteiger partial charge in [0.05, 0.1) is 12.1 Å². The molecular weight excluding hydrogens is 373 g/mol. The second-order valence-corrected chi connectivity index (χ2v) is 6.12. The van der Waals surface area contributed by atoms with Gasteiger partial charge in [0.2, 0.25) is 0 Å². The van der Waals surface area contributed by atoms with Crippen LogP contribution in [0, 0.1) is 17.1 Å².